The zero-order valence-electron chi connectivity index (χ0n) is 21.0. The Kier molecular flexibility index (Phi) is 8.03. The normalized spacial score (nSPS) is 10.6. The molecule has 1 amide bonds. The van der Waals surface area contributed by atoms with Crippen LogP contribution in [-0.4, -0.2) is 38.8 Å². The standard InChI is InChI=1S/C20H16ClN3O2.C10H7NO3/c21-15-6-7-18-16(10-15)14(11-23-18)8-9-22-20(25)19-17(12-26-24-19)13-4-2-1-3-5-13;12-10(13)9-8(6-14-11-9)7-4-2-1-3-5-7/h1-7,10-12,23H,8-9H2,(H,22,25);1-6H,(H,12,13). The highest BCUT2D eigenvalue weighted by Crippen LogP contribution is 2.24. The van der Waals surface area contributed by atoms with E-state index in [1.807, 2.05) is 72.9 Å². The number of hydrogen-bond donors (Lipinski definition) is 3. The van der Waals surface area contributed by atoms with Crippen LogP contribution in [0.5, 0.6) is 0 Å². The first-order valence-corrected chi connectivity index (χ1v) is 12.7. The first-order valence-electron chi connectivity index (χ1n) is 12.3. The lowest BCUT2D eigenvalue weighted by Gasteiger charge is -2.05. The monoisotopic (exact) mass is 554 g/mol. The molecule has 0 saturated heterocycles. The molecule has 3 aromatic carbocycles. The Morgan fingerprint density at radius 2 is 1.45 bits per heavy atom. The van der Waals surface area contributed by atoms with E-state index < -0.39 is 5.97 Å². The second kappa shape index (κ2) is 12.1. The van der Waals surface area contributed by atoms with Crippen LogP contribution in [-0.2, 0) is 6.42 Å². The molecule has 40 heavy (non-hydrogen) atoms. The van der Waals surface area contributed by atoms with Crippen LogP contribution in [0.2, 0.25) is 5.02 Å². The van der Waals surface area contributed by atoms with Gasteiger partial charge in [-0.2, -0.15) is 0 Å². The molecule has 6 aromatic rings. The predicted molar refractivity (Wildman–Crippen MR) is 150 cm³/mol. The molecule has 3 heterocycles. The van der Waals surface area contributed by atoms with E-state index in [-0.39, 0.29) is 17.3 Å². The van der Waals surface area contributed by atoms with Gasteiger partial charge in [-0.3, -0.25) is 4.79 Å². The number of carbonyl (C=O) groups is 2. The van der Waals surface area contributed by atoms with Gasteiger partial charge in [0.1, 0.15) is 12.5 Å². The number of aromatic carboxylic acids is 1. The second-order valence-electron chi connectivity index (χ2n) is 8.70. The third-order valence-corrected chi connectivity index (χ3v) is 6.37. The van der Waals surface area contributed by atoms with Crippen LogP contribution in [0.4, 0.5) is 0 Å². The molecule has 0 atom stereocenters. The minimum Gasteiger partial charge on any atom is -0.476 e. The molecule has 0 saturated carbocycles. The predicted octanol–water partition coefficient (Wildman–Crippen LogP) is 6.49. The minimum atomic E-state index is -1.09. The number of nitrogens with one attached hydrogen (secondary N) is 2. The molecule has 0 bridgehead atoms. The van der Waals surface area contributed by atoms with Gasteiger partial charge in [0.25, 0.3) is 5.91 Å². The van der Waals surface area contributed by atoms with Crippen LogP contribution < -0.4 is 5.32 Å². The van der Waals surface area contributed by atoms with Crippen LogP contribution in [0.15, 0.2) is 107 Å². The maximum Gasteiger partial charge on any atom is 0.358 e. The third-order valence-electron chi connectivity index (χ3n) is 6.14. The lowest BCUT2D eigenvalue weighted by atomic mass is 10.1. The smallest absolute Gasteiger partial charge is 0.358 e. The number of carboxylic acid groups (broad SMARTS) is 1. The minimum absolute atomic E-state index is 0.0591. The molecule has 0 radical (unpaired) electrons. The molecule has 0 unspecified atom stereocenters. The Balaban J connectivity index is 0.000000194. The van der Waals surface area contributed by atoms with E-state index in [9.17, 15) is 9.59 Å². The Morgan fingerprint density at radius 3 is 2.08 bits per heavy atom. The molecule has 0 aliphatic carbocycles. The summed E-state index contributed by atoms with van der Waals surface area (Å²) < 4.78 is 9.64. The lowest BCUT2D eigenvalue weighted by molar-refractivity contribution is 0.0686. The van der Waals surface area contributed by atoms with Crippen molar-refractivity contribution in [3.8, 4) is 22.3 Å². The Bertz CT molecular complexity index is 1740. The molecule has 9 nitrogen and oxygen atoms in total. The largest absolute Gasteiger partial charge is 0.476 e. The molecule has 10 heteroatoms. The summed E-state index contributed by atoms with van der Waals surface area (Å²) in [5.74, 6) is -1.34. The molecule has 200 valence electrons. The summed E-state index contributed by atoms with van der Waals surface area (Å²) >= 11 is 6.07. The molecular weight excluding hydrogens is 532 g/mol. The van der Waals surface area contributed by atoms with Crippen molar-refractivity contribution in [3.63, 3.8) is 0 Å². The maximum absolute atomic E-state index is 12.5. The zero-order chi connectivity index (χ0) is 27.9. The average molecular weight is 555 g/mol. The number of nitrogens with zero attached hydrogens (tertiary/aromatic N) is 2. The molecule has 3 aromatic heterocycles. The summed E-state index contributed by atoms with van der Waals surface area (Å²) in [6, 6.07) is 24.4. The number of fused-ring (bicyclic) bond motifs is 1. The molecule has 3 N–H and O–H groups in total. The second-order valence-corrected chi connectivity index (χ2v) is 9.14. The molecule has 0 spiro atoms. The van der Waals surface area contributed by atoms with Crippen LogP contribution in [0.3, 0.4) is 0 Å². The summed E-state index contributed by atoms with van der Waals surface area (Å²) in [5, 5.41) is 20.7. The van der Waals surface area contributed by atoms with Gasteiger partial charge in [-0.1, -0.05) is 82.6 Å². The molecule has 0 aliphatic rings. The SMILES string of the molecule is O=C(NCCc1c[nH]c2ccc(Cl)cc12)c1nocc1-c1ccccc1.O=C(O)c1nocc1-c1ccccc1. The van der Waals surface area contributed by atoms with Crippen molar-refractivity contribution in [1.82, 2.24) is 20.6 Å². The number of carbonyl (C=O) groups excluding carboxylic acids is 1. The number of halogens is 1. The van der Waals surface area contributed by atoms with Crippen molar-refractivity contribution < 1.29 is 23.7 Å². The fraction of sp³-hybridized carbons (Fsp3) is 0.0667. The number of aromatic amines is 1. The quantitative estimate of drug-likeness (QED) is 0.205. The van der Waals surface area contributed by atoms with E-state index in [0.29, 0.717) is 29.1 Å². The van der Waals surface area contributed by atoms with E-state index in [1.165, 1.54) is 12.5 Å². The van der Waals surface area contributed by atoms with Gasteiger partial charge >= 0.3 is 5.97 Å². The van der Waals surface area contributed by atoms with Gasteiger partial charge in [0.05, 0.1) is 11.1 Å². The van der Waals surface area contributed by atoms with Crippen molar-refractivity contribution in [2.45, 2.75) is 6.42 Å². The van der Waals surface area contributed by atoms with E-state index in [2.05, 4.69) is 25.1 Å². The van der Waals surface area contributed by atoms with Crippen molar-refractivity contribution in [2.24, 2.45) is 0 Å². The fourth-order valence-corrected chi connectivity index (χ4v) is 4.36. The van der Waals surface area contributed by atoms with E-state index in [4.69, 9.17) is 21.2 Å². The number of H-pyrrole nitrogens is 1. The third kappa shape index (κ3) is 5.95. The average Bonchev–Trinajstić information content (AvgIpc) is 3.74. The van der Waals surface area contributed by atoms with Crippen molar-refractivity contribution in [3.05, 3.63) is 120 Å². The summed E-state index contributed by atoms with van der Waals surface area (Å²) in [6.07, 6.45) is 5.45. The molecule has 0 fully saturated rings. The van der Waals surface area contributed by atoms with Gasteiger partial charge in [-0.15, -0.1) is 0 Å². The summed E-state index contributed by atoms with van der Waals surface area (Å²) in [4.78, 5) is 26.4. The van der Waals surface area contributed by atoms with Crippen LogP contribution in [0.1, 0.15) is 26.5 Å². The van der Waals surface area contributed by atoms with E-state index in [1.54, 1.807) is 12.1 Å². The summed E-state index contributed by atoms with van der Waals surface area (Å²) in [5.41, 5.74) is 5.22. The first-order chi connectivity index (χ1) is 19.5. The number of hydrogen-bond acceptors (Lipinski definition) is 6. The summed E-state index contributed by atoms with van der Waals surface area (Å²) in [6.45, 7) is 0.486. The zero-order valence-corrected chi connectivity index (χ0v) is 21.8. The lowest BCUT2D eigenvalue weighted by Crippen LogP contribution is -2.26. The fourth-order valence-electron chi connectivity index (χ4n) is 4.19. The number of rotatable bonds is 7. The number of aromatic nitrogens is 3. The van der Waals surface area contributed by atoms with Gasteiger partial charge in [-0.05, 0) is 41.3 Å². The van der Waals surface area contributed by atoms with Crippen molar-refractivity contribution >= 4 is 34.4 Å². The Labute approximate surface area is 233 Å². The van der Waals surface area contributed by atoms with Crippen LogP contribution >= 0.6 is 11.6 Å². The number of carboxylic acids is 1. The number of amides is 1. The van der Waals surface area contributed by atoms with Crippen molar-refractivity contribution in [2.75, 3.05) is 6.54 Å². The Morgan fingerprint density at radius 1 is 0.850 bits per heavy atom. The van der Waals surface area contributed by atoms with E-state index >= 15 is 0 Å². The highest BCUT2D eigenvalue weighted by Gasteiger charge is 2.18. The van der Waals surface area contributed by atoms with Gasteiger partial charge in [0, 0.05) is 28.7 Å². The highest BCUT2D eigenvalue weighted by molar-refractivity contribution is 6.31. The van der Waals surface area contributed by atoms with Crippen LogP contribution in [0, 0.1) is 0 Å². The van der Waals surface area contributed by atoms with Gasteiger partial charge in [0.2, 0.25) is 0 Å². The van der Waals surface area contributed by atoms with E-state index in [0.717, 1.165) is 27.6 Å². The van der Waals surface area contributed by atoms with Gasteiger partial charge in [0.15, 0.2) is 11.4 Å². The molecule has 0 aliphatic heterocycles. The summed E-state index contributed by atoms with van der Waals surface area (Å²) in [7, 11) is 0. The molecule has 6 rings (SSSR count). The topological polar surface area (TPSA) is 134 Å². The van der Waals surface area contributed by atoms with Crippen LogP contribution in [0.25, 0.3) is 33.2 Å². The van der Waals surface area contributed by atoms with Crippen molar-refractivity contribution in [1.29, 1.82) is 0 Å². The first kappa shape index (κ1) is 26.5. The molecular formula is C30H23ClN4O5. The Hall–Kier alpha value is -5.15. The maximum atomic E-state index is 12.5. The number of benzene rings is 3. The van der Waals surface area contributed by atoms with Gasteiger partial charge < -0.3 is 24.5 Å². The van der Waals surface area contributed by atoms with Gasteiger partial charge in [-0.25, -0.2) is 4.79 Å². The highest BCUT2D eigenvalue weighted by atomic mass is 35.5.